The van der Waals surface area contributed by atoms with E-state index in [1.165, 1.54) is 0 Å². The van der Waals surface area contributed by atoms with Crippen LogP contribution in [0.25, 0.3) is 0 Å². The van der Waals surface area contributed by atoms with E-state index in [2.05, 4.69) is 5.32 Å². The zero-order valence-corrected chi connectivity index (χ0v) is 10.8. The Morgan fingerprint density at radius 3 is 2.50 bits per heavy atom. The lowest BCUT2D eigenvalue weighted by Crippen LogP contribution is -2.01. The molecule has 0 radical (unpaired) electrons. The fourth-order valence-electron chi connectivity index (χ4n) is 1.76. The molecule has 1 aromatic heterocycles. The number of hydrogen-bond acceptors (Lipinski definition) is 4. The van der Waals surface area contributed by atoms with Crippen molar-refractivity contribution in [2.75, 3.05) is 19.5 Å². The van der Waals surface area contributed by atoms with Crippen molar-refractivity contribution in [2.24, 2.45) is 0 Å². The highest BCUT2D eigenvalue weighted by Gasteiger charge is 2.08. The Balaban J connectivity index is 2.17. The smallest absolute Gasteiger partial charge is 0.162 e. The van der Waals surface area contributed by atoms with Gasteiger partial charge in [-0.2, -0.15) is 0 Å². The van der Waals surface area contributed by atoms with Crippen LogP contribution in [0.15, 0.2) is 35.1 Å². The number of rotatable bonds is 5. The van der Waals surface area contributed by atoms with E-state index in [0.717, 1.165) is 28.3 Å². The van der Waals surface area contributed by atoms with E-state index in [1.54, 1.807) is 26.7 Å². The molecule has 2 rings (SSSR count). The third-order valence-electron chi connectivity index (χ3n) is 2.79. The molecule has 2 aromatic rings. The zero-order valence-electron chi connectivity index (χ0n) is 10.8. The molecule has 4 nitrogen and oxygen atoms in total. The summed E-state index contributed by atoms with van der Waals surface area (Å²) in [4.78, 5) is 0. The Kier molecular flexibility index (Phi) is 3.77. The highest BCUT2D eigenvalue weighted by molar-refractivity contribution is 5.60. The molecule has 0 saturated carbocycles. The topological polar surface area (TPSA) is 43.6 Å². The van der Waals surface area contributed by atoms with E-state index in [0.29, 0.717) is 6.54 Å². The number of anilines is 1. The first kappa shape index (κ1) is 12.4. The Labute approximate surface area is 107 Å². The van der Waals surface area contributed by atoms with E-state index >= 15 is 0 Å². The lowest BCUT2D eigenvalue weighted by molar-refractivity contribution is 0.355. The number of hydrogen-bond donors (Lipinski definition) is 1. The van der Waals surface area contributed by atoms with Gasteiger partial charge in [-0.25, -0.2) is 0 Å². The van der Waals surface area contributed by atoms with E-state index in [9.17, 15) is 0 Å². The van der Waals surface area contributed by atoms with Gasteiger partial charge in [-0.3, -0.25) is 0 Å². The molecule has 0 fully saturated rings. The first-order valence-corrected chi connectivity index (χ1v) is 5.72. The molecule has 1 N–H and O–H groups in total. The van der Waals surface area contributed by atoms with E-state index in [-0.39, 0.29) is 0 Å². The van der Waals surface area contributed by atoms with Gasteiger partial charge in [0.15, 0.2) is 11.5 Å². The summed E-state index contributed by atoms with van der Waals surface area (Å²) in [6, 6.07) is 5.83. The summed E-state index contributed by atoms with van der Waals surface area (Å²) >= 11 is 0. The van der Waals surface area contributed by atoms with Gasteiger partial charge in [0.25, 0.3) is 0 Å². The Morgan fingerprint density at radius 2 is 1.89 bits per heavy atom. The van der Waals surface area contributed by atoms with Crippen molar-refractivity contribution in [1.82, 2.24) is 0 Å². The summed E-state index contributed by atoms with van der Waals surface area (Å²) in [7, 11) is 3.27. The Morgan fingerprint density at radius 1 is 1.17 bits per heavy atom. The predicted octanol–water partition coefficient (Wildman–Crippen LogP) is 3.22. The van der Waals surface area contributed by atoms with Crippen LogP contribution in [0.1, 0.15) is 11.1 Å². The maximum absolute atomic E-state index is 5.29. The number of ether oxygens (including phenoxy) is 2. The molecule has 0 spiro atoms. The fourth-order valence-corrected chi connectivity index (χ4v) is 1.76. The van der Waals surface area contributed by atoms with Crippen molar-refractivity contribution in [3.63, 3.8) is 0 Å². The first-order valence-electron chi connectivity index (χ1n) is 5.72. The number of benzene rings is 1. The second-order valence-corrected chi connectivity index (χ2v) is 4.01. The summed E-state index contributed by atoms with van der Waals surface area (Å²) in [5.74, 6) is 1.46. The van der Waals surface area contributed by atoms with Gasteiger partial charge in [0.2, 0.25) is 0 Å². The second-order valence-electron chi connectivity index (χ2n) is 4.01. The summed E-state index contributed by atoms with van der Waals surface area (Å²) in [6.45, 7) is 2.74. The van der Waals surface area contributed by atoms with Gasteiger partial charge in [-0.1, -0.05) is 0 Å². The van der Waals surface area contributed by atoms with Crippen molar-refractivity contribution in [3.05, 3.63) is 41.9 Å². The predicted molar refractivity (Wildman–Crippen MR) is 70.3 cm³/mol. The maximum Gasteiger partial charge on any atom is 0.162 e. The fraction of sp³-hybridized carbons (Fsp3) is 0.286. The van der Waals surface area contributed by atoms with Crippen molar-refractivity contribution in [2.45, 2.75) is 13.5 Å². The third-order valence-corrected chi connectivity index (χ3v) is 2.79. The summed E-state index contributed by atoms with van der Waals surface area (Å²) < 4.78 is 15.6. The summed E-state index contributed by atoms with van der Waals surface area (Å²) in [6.07, 6.45) is 3.39. The molecule has 96 valence electrons. The average Bonchev–Trinajstić information content (AvgIpc) is 2.90. The molecule has 0 atom stereocenters. The molecule has 0 unspecified atom stereocenters. The van der Waals surface area contributed by atoms with Crippen molar-refractivity contribution < 1.29 is 13.9 Å². The second kappa shape index (κ2) is 5.49. The van der Waals surface area contributed by atoms with E-state index in [1.807, 2.05) is 25.1 Å². The Bertz CT molecular complexity index is 506. The van der Waals surface area contributed by atoms with Gasteiger partial charge >= 0.3 is 0 Å². The van der Waals surface area contributed by atoms with E-state index < -0.39 is 0 Å². The molecule has 0 aliphatic rings. The van der Waals surface area contributed by atoms with Crippen molar-refractivity contribution >= 4 is 5.69 Å². The third kappa shape index (κ3) is 2.59. The Hall–Kier alpha value is -2.10. The van der Waals surface area contributed by atoms with Crippen molar-refractivity contribution in [1.29, 1.82) is 0 Å². The molecule has 0 saturated heterocycles. The van der Waals surface area contributed by atoms with Gasteiger partial charge < -0.3 is 19.2 Å². The number of nitrogens with one attached hydrogen (secondary N) is 1. The van der Waals surface area contributed by atoms with Crippen LogP contribution < -0.4 is 14.8 Å². The summed E-state index contributed by atoms with van der Waals surface area (Å²) in [5, 5.41) is 3.35. The SMILES string of the molecule is COc1cc(C)c(NCc2ccoc2)cc1OC. The highest BCUT2D eigenvalue weighted by atomic mass is 16.5. The number of aryl methyl sites for hydroxylation is 1. The lowest BCUT2D eigenvalue weighted by atomic mass is 10.1. The molecular formula is C14H17NO3. The molecule has 0 bridgehead atoms. The molecule has 0 aliphatic carbocycles. The molecule has 18 heavy (non-hydrogen) atoms. The normalized spacial score (nSPS) is 10.2. The number of furan rings is 1. The lowest BCUT2D eigenvalue weighted by Gasteiger charge is -2.13. The molecule has 1 heterocycles. The molecule has 0 amide bonds. The van der Waals surface area contributed by atoms with Gasteiger partial charge in [0.05, 0.1) is 26.7 Å². The van der Waals surface area contributed by atoms with Gasteiger partial charge in [-0.15, -0.1) is 0 Å². The minimum absolute atomic E-state index is 0.715. The van der Waals surface area contributed by atoms with Crippen LogP contribution in [-0.4, -0.2) is 14.2 Å². The van der Waals surface area contributed by atoms with Crippen LogP contribution >= 0.6 is 0 Å². The van der Waals surface area contributed by atoms with Crippen LogP contribution in [0.5, 0.6) is 11.5 Å². The van der Waals surface area contributed by atoms with Crippen LogP contribution in [-0.2, 0) is 6.54 Å². The maximum atomic E-state index is 5.29. The minimum atomic E-state index is 0.715. The van der Waals surface area contributed by atoms with E-state index in [4.69, 9.17) is 13.9 Å². The van der Waals surface area contributed by atoms with Crippen LogP contribution in [0.4, 0.5) is 5.69 Å². The molecule has 1 aromatic carbocycles. The zero-order chi connectivity index (χ0) is 13.0. The first-order chi connectivity index (χ1) is 8.74. The largest absolute Gasteiger partial charge is 0.493 e. The number of methoxy groups -OCH3 is 2. The summed E-state index contributed by atoms with van der Waals surface area (Å²) in [5.41, 5.74) is 3.23. The van der Waals surface area contributed by atoms with Gasteiger partial charge in [-0.05, 0) is 24.6 Å². The quantitative estimate of drug-likeness (QED) is 0.881. The minimum Gasteiger partial charge on any atom is -0.493 e. The average molecular weight is 247 g/mol. The van der Waals surface area contributed by atoms with Gasteiger partial charge in [0, 0.05) is 23.9 Å². The monoisotopic (exact) mass is 247 g/mol. The molecule has 0 aliphatic heterocycles. The highest BCUT2D eigenvalue weighted by Crippen LogP contribution is 2.33. The van der Waals surface area contributed by atoms with Crippen LogP contribution in [0.2, 0.25) is 0 Å². The standard InChI is InChI=1S/C14H17NO3/c1-10-6-13(16-2)14(17-3)7-12(10)15-8-11-4-5-18-9-11/h4-7,9,15H,8H2,1-3H3. The molecule has 4 heteroatoms. The van der Waals surface area contributed by atoms with Gasteiger partial charge in [0.1, 0.15) is 0 Å². The molecular weight excluding hydrogens is 230 g/mol. The van der Waals surface area contributed by atoms with Crippen molar-refractivity contribution in [3.8, 4) is 11.5 Å². The van der Waals surface area contributed by atoms with Crippen LogP contribution in [0, 0.1) is 6.92 Å². The van der Waals surface area contributed by atoms with Crippen LogP contribution in [0.3, 0.4) is 0 Å².